The standard InChI is InChI=1S/C23H33N3O4/c1-22(2,3)29-20(27)18-14-24-19-8-7-16(13-17(18)19)15-25-9-11-26(12-10-25)21(28)30-23(4,5)6/h7-8,13-14,24H,9-12,15H2,1-6H3. The van der Waals surface area contributed by atoms with Gasteiger partial charge in [-0.25, -0.2) is 9.59 Å². The lowest BCUT2D eigenvalue weighted by molar-refractivity contribution is 0.00703. The third-order valence-corrected chi connectivity index (χ3v) is 4.80. The second-order valence-corrected chi connectivity index (χ2v) is 9.83. The van der Waals surface area contributed by atoms with Crippen molar-refractivity contribution in [2.24, 2.45) is 0 Å². The van der Waals surface area contributed by atoms with E-state index >= 15 is 0 Å². The molecular weight excluding hydrogens is 382 g/mol. The Kier molecular flexibility index (Phi) is 6.13. The Bertz CT molecular complexity index is 913. The topological polar surface area (TPSA) is 74.9 Å². The monoisotopic (exact) mass is 415 g/mol. The van der Waals surface area contributed by atoms with Gasteiger partial charge in [0.05, 0.1) is 5.56 Å². The number of fused-ring (bicyclic) bond motifs is 1. The largest absolute Gasteiger partial charge is 0.456 e. The van der Waals surface area contributed by atoms with Gasteiger partial charge < -0.3 is 19.4 Å². The molecule has 164 valence electrons. The number of aromatic amines is 1. The number of hydrogen-bond donors (Lipinski definition) is 1. The molecule has 30 heavy (non-hydrogen) atoms. The van der Waals surface area contributed by atoms with E-state index in [0.717, 1.165) is 36.1 Å². The molecule has 1 aromatic heterocycles. The summed E-state index contributed by atoms with van der Waals surface area (Å²) in [5.41, 5.74) is 1.57. The molecule has 0 aliphatic carbocycles. The molecule has 3 rings (SSSR count). The number of aromatic nitrogens is 1. The van der Waals surface area contributed by atoms with Gasteiger partial charge in [-0.05, 0) is 59.2 Å². The zero-order valence-electron chi connectivity index (χ0n) is 18.9. The van der Waals surface area contributed by atoms with Crippen LogP contribution in [0.3, 0.4) is 0 Å². The maximum absolute atomic E-state index is 12.5. The summed E-state index contributed by atoms with van der Waals surface area (Å²) in [7, 11) is 0. The summed E-state index contributed by atoms with van der Waals surface area (Å²) in [6, 6.07) is 6.11. The summed E-state index contributed by atoms with van der Waals surface area (Å²) in [4.78, 5) is 32.0. The number of hydrogen-bond acceptors (Lipinski definition) is 5. The van der Waals surface area contributed by atoms with Gasteiger partial charge in [0.2, 0.25) is 0 Å². The summed E-state index contributed by atoms with van der Waals surface area (Å²) in [5, 5.41) is 0.870. The highest BCUT2D eigenvalue weighted by atomic mass is 16.6. The van der Waals surface area contributed by atoms with Crippen molar-refractivity contribution in [3.05, 3.63) is 35.5 Å². The molecule has 7 nitrogen and oxygen atoms in total. The number of ether oxygens (including phenoxy) is 2. The molecule has 1 N–H and O–H groups in total. The number of benzene rings is 1. The fourth-order valence-corrected chi connectivity index (χ4v) is 3.44. The Morgan fingerprint density at radius 3 is 2.20 bits per heavy atom. The third-order valence-electron chi connectivity index (χ3n) is 4.80. The first kappa shape index (κ1) is 22.2. The van der Waals surface area contributed by atoms with E-state index in [9.17, 15) is 9.59 Å². The van der Waals surface area contributed by atoms with Crippen LogP contribution in [-0.4, -0.2) is 64.2 Å². The van der Waals surface area contributed by atoms with E-state index in [2.05, 4.69) is 16.0 Å². The van der Waals surface area contributed by atoms with Crippen LogP contribution in [0.2, 0.25) is 0 Å². The molecule has 0 bridgehead atoms. The fourth-order valence-electron chi connectivity index (χ4n) is 3.44. The lowest BCUT2D eigenvalue weighted by Crippen LogP contribution is -2.49. The van der Waals surface area contributed by atoms with Crippen molar-refractivity contribution in [2.75, 3.05) is 26.2 Å². The highest BCUT2D eigenvalue weighted by molar-refractivity contribution is 6.04. The van der Waals surface area contributed by atoms with Crippen molar-refractivity contribution >= 4 is 23.0 Å². The molecule has 1 aromatic carbocycles. The molecule has 2 aromatic rings. The van der Waals surface area contributed by atoms with E-state index in [-0.39, 0.29) is 12.1 Å². The molecule has 0 unspecified atom stereocenters. The molecule has 0 spiro atoms. The lowest BCUT2D eigenvalue weighted by atomic mass is 10.1. The van der Waals surface area contributed by atoms with Gasteiger partial charge in [-0.15, -0.1) is 0 Å². The lowest BCUT2D eigenvalue weighted by Gasteiger charge is -2.35. The SMILES string of the molecule is CC(C)(C)OC(=O)c1c[nH]c2ccc(CN3CCN(C(=O)OC(C)(C)C)CC3)cc12. The van der Waals surface area contributed by atoms with Crippen LogP contribution < -0.4 is 0 Å². The van der Waals surface area contributed by atoms with E-state index in [1.807, 2.05) is 53.7 Å². The molecule has 0 radical (unpaired) electrons. The quantitative estimate of drug-likeness (QED) is 0.762. The summed E-state index contributed by atoms with van der Waals surface area (Å²) in [5.74, 6) is -0.322. The predicted octanol–water partition coefficient (Wildman–Crippen LogP) is 4.18. The Hall–Kier alpha value is -2.54. The number of carbonyl (C=O) groups excluding carboxylic acids is 2. The zero-order valence-corrected chi connectivity index (χ0v) is 18.9. The number of amides is 1. The number of carbonyl (C=O) groups is 2. The Morgan fingerprint density at radius 1 is 0.967 bits per heavy atom. The molecule has 1 aliphatic heterocycles. The van der Waals surface area contributed by atoms with Crippen LogP contribution >= 0.6 is 0 Å². The molecule has 1 fully saturated rings. The Balaban J connectivity index is 1.64. The van der Waals surface area contributed by atoms with Crippen molar-refractivity contribution in [2.45, 2.75) is 59.3 Å². The first-order chi connectivity index (χ1) is 13.9. The van der Waals surface area contributed by atoms with Gasteiger partial charge in [0.1, 0.15) is 11.2 Å². The van der Waals surface area contributed by atoms with Crippen LogP contribution in [0, 0.1) is 0 Å². The van der Waals surface area contributed by atoms with E-state index in [1.54, 1.807) is 11.1 Å². The Morgan fingerprint density at radius 2 is 1.60 bits per heavy atom. The van der Waals surface area contributed by atoms with Gasteiger partial charge in [-0.1, -0.05) is 6.07 Å². The predicted molar refractivity (Wildman–Crippen MR) is 117 cm³/mol. The minimum absolute atomic E-state index is 0.252. The molecule has 1 saturated heterocycles. The average Bonchev–Trinajstić information content (AvgIpc) is 3.03. The third kappa shape index (κ3) is 5.75. The van der Waals surface area contributed by atoms with Crippen molar-refractivity contribution in [3.8, 4) is 0 Å². The van der Waals surface area contributed by atoms with Crippen LogP contribution in [0.1, 0.15) is 57.5 Å². The van der Waals surface area contributed by atoms with Crippen LogP contribution in [0.25, 0.3) is 10.9 Å². The maximum atomic E-state index is 12.5. The number of rotatable bonds is 3. The summed E-state index contributed by atoms with van der Waals surface area (Å²) in [6.07, 6.45) is 1.46. The zero-order chi connectivity index (χ0) is 22.1. The van der Waals surface area contributed by atoms with E-state index < -0.39 is 11.2 Å². The summed E-state index contributed by atoms with van der Waals surface area (Å²) < 4.78 is 11.0. The van der Waals surface area contributed by atoms with Gasteiger partial charge in [-0.2, -0.15) is 0 Å². The first-order valence-corrected chi connectivity index (χ1v) is 10.4. The smallest absolute Gasteiger partial charge is 0.410 e. The highest BCUT2D eigenvalue weighted by Gasteiger charge is 2.26. The molecule has 1 amide bonds. The van der Waals surface area contributed by atoms with Crippen LogP contribution in [0.15, 0.2) is 24.4 Å². The number of nitrogens with one attached hydrogen (secondary N) is 1. The fraction of sp³-hybridized carbons (Fsp3) is 0.565. The van der Waals surface area contributed by atoms with Gasteiger partial charge >= 0.3 is 12.1 Å². The average molecular weight is 416 g/mol. The number of esters is 1. The van der Waals surface area contributed by atoms with Crippen LogP contribution in [0.4, 0.5) is 4.79 Å². The van der Waals surface area contributed by atoms with Gasteiger partial charge in [0.15, 0.2) is 0 Å². The number of nitrogens with zero attached hydrogens (tertiary/aromatic N) is 2. The van der Waals surface area contributed by atoms with Crippen molar-refractivity contribution in [3.63, 3.8) is 0 Å². The van der Waals surface area contributed by atoms with Crippen LogP contribution in [-0.2, 0) is 16.0 Å². The molecule has 7 heteroatoms. The van der Waals surface area contributed by atoms with E-state index in [4.69, 9.17) is 9.47 Å². The molecule has 1 aliphatic rings. The minimum Gasteiger partial charge on any atom is -0.456 e. The minimum atomic E-state index is -0.536. The second-order valence-electron chi connectivity index (χ2n) is 9.83. The molecular formula is C23H33N3O4. The highest BCUT2D eigenvalue weighted by Crippen LogP contribution is 2.23. The Labute approximate surface area is 178 Å². The molecule has 0 atom stereocenters. The van der Waals surface area contributed by atoms with Crippen molar-refractivity contribution < 1.29 is 19.1 Å². The van der Waals surface area contributed by atoms with Crippen molar-refractivity contribution in [1.29, 1.82) is 0 Å². The van der Waals surface area contributed by atoms with E-state index in [0.29, 0.717) is 18.7 Å². The normalized spacial score (nSPS) is 16.0. The van der Waals surface area contributed by atoms with Gasteiger partial charge in [0, 0.05) is 49.8 Å². The second kappa shape index (κ2) is 8.30. The van der Waals surface area contributed by atoms with Crippen molar-refractivity contribution in [1.82, 2.24) is 14.8 Å². The molecule has 0 saturated carbocycles. The van der Waals surface area contributed by atoms with Gasteiger partial charge in [0.25, 0.3) is 0 Å². The van der Waals surface area contributed by atoms with E-state index in [1.165, 1.54) is 0 Å². The van der Waals surface area contributed by atoms with Gasteiger partial charge in [-0.3, -0.25) is 4.90 Å². The summed E-state index contributed by atoms with van der Waals surface area (Å²) >= 11 is 0. The first-order valence-electron chi connectivity index (χ1n) is 10.4. The molecule has 2 heterocycles. The number of piperazine rings is 1. The maximum Gasteiger partial charge on any atom is 0.410 e. The van der Waals surface area contributed by atoms with Crippen LogP contribution in [0.5, 0.6) is 0 Å². The summed E-state index contributed by atoms with van der Waals surface area (Å²) in [6.45, 7) is 14.8. The number of H-pyrrole nitrogens is 1.